The lowest BCUT2D eigenvalue weighted by Crippen LogP contribution is -2.30. The molecule has 0 aliphatic carbocycles. The standard InChI is InChI=1S/C29H25F4NO4/c1-15(2)20-14-21(16(3)12-23(20)38-4)26(35)24-25(19-10-5-6-11-22(19)30)34(28(37)27(24)36)18-9-7-8-17(13-18)29(31,32)33/h5-15,25,35H,1-4H3/b26-24+. The van der Waals surface area contributed by atoms with E-state index in [-0.39, 0.29) is 22.7 Å². The van der Waals surface area contributed by atoms with Crippen LogP contribution in [0.15, 0.2) is 66.2 Å². The average molecular weight is 528 g/mol. The number of halogens is 4. The molecular formula is C29H25F4NO4. The topological polar surface area (TPSA) is 66.8 Å². The normalized spacial score (nSPS) is 17.4. The van der Waals surface area contributed by atoms with Crippen molar-refractivity contribution in [3.63, 3.8) is 0 Å². The quantitative estimate of drug-likeness (QED) is 0.169. The molecule has 1 amide bonds. The summed E-state index contributed by atoms with van der Waals surface area (Å²) in [6, 6.07) is 11.0. The van der Waals surface area contributed by atoms with E-state index in [0.717, 1.165) is 23.1 Å². The highest BCUT2D eigenvalue weighted by Crippen LogP contribution is 2.45. The molecule has 0 spiro atoms. The molecule has 1 saturated heterocycles. The number of hydrogen-bond acceptors (Lipinski definition) is 4. The fraction of sp³-hybridized carbons (Fsp3) is 0.241. The van der Waals surface area contributed by atoms with Crippen LogP contribution in [-0.2, 0) is 15.8 Å². The van der Waals surface area contributed by atoms with Crippen LogP contribution in [0.5, 0.6) is 5.75 Å². The van der Waals surface area contributed by atoms with Crippen LogP contribution in [0, 0.1) is 12.7 Å². The minimum Gasteiger partial charge on any atom is -0.507 e. The SMILES string of the molecule is COc1cc(C)c(/C(O)=C2\C(=O)C(=O)N(c3cccc(C(F)(F)F)c3)C2c2ccccc2F)cc1C(C)C. The summed E-state index contributed by atoms with van der Waals surface area (Å²) in [5, 5.41) is 11.5. The first-order valence-corrected chi connectivity index (χ1v) is 11.8. The second-order valence-electron chi connectivity index (χ2n) is 9.30. The molecule has 1 heterocycles. The summed E-state index contributed by atoms with van der Waals surface area (Å²) in [7, 11) is 1.50. The lowest BCUT2D eigenvalue weighted by molar-refractivity contribution is -0.137. The van der Waals surface area contributed by atoms with Gasteiger partial charge in [0.15, 0.2) is 0 Å². The van der Waals surface area contributed by atoms with Crippen LogP contribution in [-0.4, -0.2) is 23.9 Å². The molecule has 1 N–H and O–H groups in total. The number of methoxy groups -OCH3 is 1. The first-order chi connectivity index (χ1) is 17.9. The van der Waals surface area contributed by atoms with Gasteiger partial charge in [0.1, 0.15) is 17.3 Å². The van der Waals surface area contributed by atoms with Gasteiger partial charge < -0.3 is 9.84 Å². The van der Waals surface area contributed by atoms with Crippen molar-refractivity contribution in [2.45, 2.75) is 38.9 Å². The predicted molar refractivity (Wildman–Crippen MR) is 134 cm³/mol. The predicted octanol–water partition coefficient (Wildman–Crippen LogP) is 6.91. The van der Waals surface area contributed by atoms with Gasteiger partial charge in [-0.25, -0.2) is 4.39 Å². The van der Waals surface area contributed by atoms with Crippen LogP contribution in [0.1, 0.15) is 53.6 Å². The van der Waals surface area contributed by atoms with Crippen LogP contribution in [0.25, 0.3) is 5.76 Å². The van der Waals surface area contributed by atoms with Crippen LogP contribution in [0.2, 0.25) is 0 Å². The number of anilines is 1. The lowest BCUT2D eigenvalue weighted by Gasteiger charge is -2.26. The molecule has 4 rings (SSSR count). The lowest BCUT2D eigenvalue weighted by atomic mass is 9.90. The second kappa shape index (κ2) is 9.96. The van der Waals surface area contributed by atoms with Gasteiger partial charge in [-0.3, -0.25) is 14.5 Å². The summed E-state index contributed by atoms with van der Waals surface area (Å²) in [4.78, 5) is 27.4. The number of ketones is 1. The number of aliphatic hydroxyl groups is 1. The molecule has 1 aliphatic heterocycles. The maximum absolute atomic E-state index is 15.1. The number of aliphatic hydroxyl groups excluding tert-OH is 1. The van der Waals surface area contributed by atoms with E-state index in [1.54, 1.807) is 19.1 Å². The van der Waals surface area contributed by atoms with Gasteiger partial charge in [0.2, 0.25) is 0 Å². The van der Waals surface area contributed by atoms with E-state index in [2.05, 4.69) is 0 Å². The van der Waals surface area contributed by atoms with Crippen LogP contribution >= 0.6 is 0 Å². The number of aryl methyl sites for hydroxylation is 1. The number of hydrogen-bond donors (Lipinski definition) is 1. The molecule has 198 valence electrons. The van der Waals surface area contributed by atoms with Gasteiger partial charge in [0, 0.05) is 16.8 Å². The first kappa shape index (κ1) is 26.9. The van der Waals surface area contributed by atoms with Crippen LogP contribution in [0.3, 0.4) is 0 Å². The van der Waals surface area contributed by atoms with Crippen molar-refractivity contribution >= 4 is 23.1 Å². The smallest absolute Gasteiger partial charge is 0.416 e. The van der Waals surface area contributed by atoms with Gasteiger partial charge in [0.05, 0.1) is 24.3 Å². The molecule has 0 aromatic heterocycles. The number of amides is 1. The van der Waals surface area contributed by atoms with E-state index in [4.69, 9.17) is 4.74 Å². The third-order valence-corrected chi connectivity index (χ3v) is 6.55. The Labute approximate surface area is 217 Å². The van der Waals surface area contributed by atoms with Gasteiger partial charge >= 0.3 is 6.18 Å². The van der Waals surface area contributed by atoms with E-state index < -0.39 is 46.6 Å². The van der Waals surface area contributed by atoms with Gasteiger partial charge in [-0.15, -0.1) is 0 Å². The van der Waals surface area contributed by atoms with Crippen molar-refractivity contribution in [1.82, 2.24) is 0 Å². The molecule has 0 radical (unpaired) electrons. The number of carbonyl (C=O) groups is 2. The van der Waals surface area contributed by atoms with Crippen molar-refractivity contribution in [3.8, 4) is 5.75 Å². The number of ether oxygens (including phenoxy) is 1. The molecule has 38 heavy (non-hydrogen) atoms. The Balaban J connectivity index is 2.01. The van der Waals surface area contributed by atoms with Crippen molar-refractivity contribution in [3.05, 3.63) is 99.9 Å². The minimum absolute atomic E-state index is 0.0352. The zero-order valence-electron chi connectivity index (χ0n) is 21.1. The Hall–Kier alpha value is -4.14. The maximum atomic E-state index is 15.1. The Morgan fingerprint density at radius 3 is 2.32 bits per heavy atom. The van der Waals surface area contributed by atoms with E-state index >= 15 is 4.39 Å². The van der Waals surface area contributed by atoms with Crippen molar-refractivity contribution in [2.24, 2.45) is 0 Å². The van der Waals surface area contributed by atoms with E-state index in [1.807, 2.05) is 13.8 Å². The Morgan fingerprint density at radius 2 is 1.71 bits per heavy atom. The van der Waals surface area contributed by atoms with Crippen molar-refractivity contribution in [1.29, 1.82) is 0 Å². The second-order valence-corrected chi connectivity index (χ2v) is 9.30. The maximum Gasteiger partial charge on any atom is 0.416 e. The fourth-order valence-corrected chi connectivity index (χ4v) is 4.65. The molecule has 3 aromatic rings. The number of rotatable bonds is 5. The number of alkyl halides is 3. The average Bonchev–Trinajstić information content (AvgIpc) is 3.13. The van der Waals surface area contributed by atoms with E-state index in [1.165, 1.54) is 31.4 Å². The third-order valence-electron chi connectivity index (χ3n) is 6.55. The largest absolute Gasteiger partial charge is 0.507 e. The van der Waals surface area contributed by atoms with Crippen LogP contribution < -0.4 is 9.64 Å². The van der Waals surface area contributed by atoms with Crippen LogP contribution in [0.4, 0.5) is 23.2 Å². The Bertz CT molecular complexity index is 1460. The van der Waals surface area contributed by atoms with Crippen molar-refractivity contribution < 1.29 is 37.0 Å². The summed E-state index contributed by atoms with van der Waals surface area (Å²) in [6.45, 7) is 5.48. The summed E-state index contributed by atoms with van der Waals surface area (Å²) in [5.74, 6) is -3.16. The Kier molecular flexibility index (Phi) is 7.06. The molecule has 1 fully saturated rings. The molecule has 1 atom stereocenters. The van der Waals surface area contributed by atoms with Gasteiger partial charge in [-0.2, -0.15) is 13.2 Å². The highest BCUT2D eigenvalue weighted by Gasteiger charge is 2.48. The van der Waals surface area contributed by atoms with Gasteiger partial charge in [0.25, 0.3) is 11.7 Å². The van der Waals surface area contributed by atoms with Gasteiger partial charge in [-0.05, 0) is 60.4 Å². The summed E-state index contributed by atoms with van der Waals surface area (Å²) >= 11 is 0. The molecule has 1 unspecified atom stereocenters. The fourth-order valence-electron chi connectivity index (χ4n) is 4.65. The first-order valence-electron chi connectivity index (χ1n) is 11.8. The van der Waals surface area contributed by atoms with E-state index in [0.29, 0.717) is 22.9 Å². The molecular weight excluding hydrogens is 502 g/mol. The van der Waals surface area contributed by atoms with E-state index in [9.17, 15) is 27.9 Å². The third kappa shape index (κ3) is 4.64. The molecule has 3 aromatic carbocycles. The summed E-state index contributed by atoms with van der Waals surface area (Å²) in [5.41, 5.74) is -0.435. The molecule has 5 nitrogen and oxygen atoms in total. The highest BCUT2D eigenvalue weighted by molar-refractivity contribution is 6.51. The number of benzene rings is 3. The summed E-state index contributed by atoms with van der Waals surface area (Å²) < 4.78 is 60.9. The molecule has 0 bridgehead atoms. The number of Topliss-reactive ketones (excluding diaryl/α,β-unsaturated/α-hetero) is 1. The number of carbonyl (C=O) groups excluding carboxylic acids is 2. The minimum atomic E-state index is -4.72. The molecule has 0 saturated carbocycles. The zero-order valence-corrected chi connectivity index (χ0v) is 21.1. The molecule has 9 heteroatoms. The highest BCUT2D eigenvalue weighted by atomic mass is 19.4. The zero-order chi connectivity index (χ0) is 27.9. The number of nitrogens with zero attached hydrogens (tertiary/aromatic N) is 1. The van der Waals surface area contributed by atoms with Gasteiger partial charge in [-0.1, -0.05) is 38.1 Å². The monoisotopic (exact) mass is 527 g/mol. The summed E-state index contributed by atoms with van der Waals surface area (Å²) in [6.07, 6.45) is -4.72. The molecule has 1 aliphatic rings. The van der Waals surface area contributed by atoms with Crippen molar-refractivity contribution in [2.75, 3.05) is 12.0 Å². The Morgan fingerprint density at radius 1 is 1.03 bits per heavy atom.